The van der Waals surface area contributed by atoms with Crippen LogP contribution in [-0.2, 0) is 16.0 Å². The number of benzene rings is 1. The van der Waals surface area contributed by atoms with Crippen molar-refractivity contribution in [2.24, 2.45) is 0 Å². The van der Waals surface area contributed by atoms with Crippen molar-refractivity contribution < 1.29 is 9.53 Å². The summed E-state index contributed by atoms with van der Waals surface area (Å²) in [5.41, 5.74) is 2.96. The lowest BCUT2D eigenvalue weighted by atomic mass is 10.0. The van der Waals surface area contributed by atoms with Gasteiger partial charge in [0, 0.05) is 32.3 Å². The van der Waals surface area contributed by atoms with Crippen molar-refractivity contribution >= 4 is 5.91 Å². The summed E-state index contributed by atoms with van der Waals surface area (Å²) in [5, 5.41) is 3.80. The van der Waals surface area contributed by atoms with E-state index in [1.165, 1.54) is 24.0 Å². The lowest BCUT2D eigenvalue weighted by Gasteiger charge is -2.34. The molecule has 4 heteroatoms. The lowest BCUT2D eigenvalue weighted by Crippen LogP contribution is -2.46. The van der Waals surface area contributed by atoms with Crippen molar-refractivity contribution in [2.75, 3.05) is 26.8 Å². The van der Waals surface area contributed by atoms with E-state index in [0.29, 0.717) is 12.1 Å². The van der Waals surface area contributed by atoms with E-state index >= 15 is 0 Å². The van der Waals surface area contributed by atoms with E-state index in [9.17, 15) is 4.79 Å². The molecule has 1 atom stereocenters. The summed E-state index contributed by atoms with van der Waals surface area (Å²) in [5.74, 6) is 0.113. The monoisotopic (exact) mass is 288 g/mol. The highest BCUT2D eigenvalue weighted by Gasteiger charge is 2.27. The number of piperidine rings is 1. The van der Waals surface area contributed by atoms with Gasteiger partial charge in [0.05, 0.1) is 0 Å². The van der Waals surface area contributed by atoms with Gasteiger partial charge >= 0.3 is 0 Å². The maximum absolute atomic E-state index is 11.8. The van der Waals surface area contributed by atoms with Crippen molar-refractivity contribution in [3.05, 3.63) is 35.4 Å². The third-order valence-electron chi connectivity index (χ3n) is 4.69. The van der Waals surface area contributed by atoms with Crippen LogP contribution in [0.15, 0.2) is 24.3 Å². The van der Waals surface area contributed by atoms with E-state index in [4.69, 9.17) is 4.74 Å². The topological polar surface area (TPSA) is 41.6 Å². The van der Waals surface area contributed by atoms with E-state index in [1.54, 1.807) is 7.11 Å². The Balaban J connectivity index is 1.51. The van der Waals surface area contributed by atoms with Gasteiger partial charge < -0.3 is 15.0 Å². The Morgan fingerprint density at radius 3 is 2.81 bits per heavy atom. The fraction of sp³-hybridized carbons (Fsp3) is 0.588. The molecule has 4 nitrogen and oxygen atoms in total. The quantitative estimate of drug-likeness (QED) is 0.920. The molecule has 0 radical (unpaired) electrons. The number of rotatable bonds is 4. The van der Waals surface area contributed by atoms with Gasteiger partial charge in [0.15, 0.2) is 0 Å². The van der Waals surface area contributed by atoms with Gasteiger partial charge in [-0.1, -0.05) is 24.3 Å². The first-order valence-corrected chi connectivity index (χ1v) is 7.88. The van der Waals surface area contributed by atoms with Gasteiger partial charge in [0.25, 0.3) is 0 Å². The molecule has 0 saturated carbocycles. The molecule has 1 amide bonds. The van der Waals surface area contributed by atoms with Crippen LogP contribution in [0.1, 0.15) is 36.4 Å². The van der Waals surface area contributed by atoms with Crippen LogP contribution in [0.2, 0.25) is 0 Å². The van der Waals surface area contributed by atoms with Crippen LogP contribution >= 0.6 is 0 Å². The highest BCUT2D eigenvalue weighted by molar-refractivity contribution is 5.77. The molecular weight excluding hydrogens is 264 g/mol. The van der Waals surface area contributed by atoms with Gasteiger partial charge in [-0.05, 0) is 36.8 Å². The maximum atomic E-state index is 11.8. The summed E-state index contributed by atoms with van der Waals surface area (Å²) in [6.45, 7) is 1.89. The Kier molecular flexibility index (Phi) is 4.56. The van der Waals surface area contributed by atoms with Crippen LogP contribution in [0.4, 0.5) is 0 Å². The second-order valence-electron chi connectivity index (χ2n) is 6.04. The van der Waals surface area contributed by atoms with Crippen molar-refractivity contribution in [1.82, 2.24) is 10.2 Å². The minimum absolute atomic E-state index is 0.113. The van der Waals surface area contributed by atoms with Crippen molar-refractivity contribution in [3.8, 4) is 0 Å². The summed E-state index contributed by atoms with van der Waals surface area (Å²) in [7, 11) is 1.57. The van der Waals surface area contributed by atoms with Crippen LogP contribution in [-0.4, -0.2) is 43.7 Å². The number of aryl methyl sites for hydroxylation is 1. The number of likely N-dealkylation sites (tertiary alicyclic amines) is 1. The predicted octanol–water partition coefficient (Wildman–Crippen LogP) is 1.90. The number of carbonyl (C=O) groups excluding carboxylic acids is 1. The Hall–Kier alpha value is -1.39. The zero-order chi connectivity index (χ0) is 14.7. The first kappa shape index (κ1) is 14.5. The smallest absolute Gasteiger partial charge is 0.248 e. The number of hydrogen-bond donors (Lipinski definition) is 1. The van der Waals surface area contributed by atoms with Gasteiger partial charge in [-0.2, -0.15) is 0 Å². The van der Waals surface area contributed by atoms with Crippen LogP contribution in [0, 0.1) is 0 Å². The average molecular weight is 288 g/mol. The summed E-state index contributed by atoms with van der Waals surface area (Å²) >= 11 is 0. The molecule has 1 saturated heterocycles. The van der Waals surface area contributed by atoms with Gasteiger partial charge in [0.2, 0.25) is 5.91 Å². The fourth-order valence-electron chi connectivity index (χ4n) is 3.53. The Labute approximate surface area is 126 Å². The SMILES string of the molecule is COCC(=O)N1CCC(NC2CCc3ccccc32)CC1. The van der Waals surface area contributed by atoms with Gasteiger partial charge in [-0.3, -0.25) is 4.79 Å². The molecule has 1 aromatic rings. The Bertz CT molecular complexity index is 495. The average Bonchev–Trinajstić information content (AvgIpc) is 2.92. The molecule has 0 aromatic heterocycles. The first-order valence-electron chi connectivity index (χ1n) is 7.88. The molecule has 0 bridgehead atoms. The van der Waals surface area contributed by atoms with E-state index in [-0.39, 0.29) is 12.5 Å². The van der Waals surface area contributed by atoms with Crippen LogP contribution in [0.3, 0.4) is 0 Å². The molecule has 3 rings (SSSR count). The number of hydrogen-bond acceptors (Lipinski definition) is 3. The van der Waals surface area contributed by atoms with Gasteiger partial charge in [-0.25, -0.2) is 0 Å². The van der Waals surface area contributed by atoms with Crippen LogP contribution in [0.25, 0.3) is 0 Å². The molecule has 114 valence electrons. The molecule has 1 aliphatic heterocycles. The normalized spacial score (nSPS) is 22.3. The Morgan fingerprint density at radius 1 is 1.29 bits per heavy atom. The molecule has 1 fully saturated rings. The van der Waals surface area contributed by atoms with Gasteiger partial charge in [0.1, 0.15) is 6.61 Å². The van der Waals surface area contributed by atoms with Crippen LogP contribution < -0.4 is 5.32 Å². The molecule has 1 aromatic carbocycles. The van der Waals surface area contributed by atoms with E-state index in [2.05, 4.69) is 29.6 Å². The second-order valence-corrected chi connectivity index (χ2v) is 6.04. The summed E-state index contributed by atoms with van der Waals surface area (Å²) in [4.78, 5) is 13.7. The van der Waals surface area contributed by atoms with Crippen LogP contribution in [0.5, 0.6) is 0 Å². The molecule has 1 unspecified atom stereocenters. The summed E-state index contributed by atoms with van der Waals surface area (Å²) in [6.07, 6.45) is 4.45. The second kappa shape index (κ2) is 6.58. The molecular formula is C17H24N2O2. The minimum atomic E-state index is 0.113. The number of methoxy groups -OCH3 is 1. The largest absolute Gasteiger partial charge is 0.375 e. The first-order chi connectivity index (χ1) is 10.3. The fourth-order valence-corrected chi connectivity index (χ4v) is 3.53. The number of ether oxygens (including phenoxy) is 1. The number of nitrogens with one attached hydrogen (secondary N) is 1. The molecule has 2 aliphatic rings. The molecule has 1 aliphatic carbocycles. The number of nitrogens with zero attached hydrogens (tertiary/aromatic N) is 1. The number of amides is 1. The third-order valence-corrected chi connectivity index (χ3v) is 4.69. The number of fused-ring (bicyclic) bond motifs is 1. The maximum Gasteiger partial charge on any atom is 0.248 e. The number of carbonyl (C=O) groups is 1. The zero-order valence-electron chi connectivity index (χ0n) is 12.7. The molecule has 1 N–H and O–H groups in total. The third kappa shape index (κ3) is 3.27. The van der Waals surface area contributed by atoms with Gasteiger partial charge in [-0.15, -0.1) is 0 Å². The standard InChI is InChI=1S/C17H24N2O2/c1-21-12-17(20)19-10-8-14(9-11-19)18-16-7-6-13-4-2-3-5-15(13)16/h2-5,14,16,18H,6-12H2,1H3. The van der Waals surface area contributed by atoms with Crippen molar-refractivity contribution in [2.45, 2.75) is 37.8 Å². The summed E-state index contributed by atoms with van der Waals surface area (Å²) < 4.78 is 4.92. The minimum Gasteiger partial charge on any atom is -0.375 e. The van der Waals surface area contributed by atoms with E-state index in [0.717, 1.165) is 25.9 Å². The highest BCUT2D eigenvalue weighted by Crippen LogP contribution is 2.31. The van der Waals surface area contributed by atoms with Crippen molar-refractivity contribution in [3.63, 3.8) is 0 Å². The highest BCUT2D eigenvalue weighted by atomic mass is 16.5. The molecule has 1 heterocycles. The molecule has 21 heavy (non-hydrogen) atoms. The molecule has 0 spiro atoms. The van der Waals surface area contributed by atoms with Crippen molar-refractivity contribution in [1.29, 1.82) is 0 Å². The lowest BCUT2D eigenvalue weighted by molar-refractivity contribution is -0.136. The van der Waals surface area contributed by atoms with E-state index in [1.807, 2.05) is 4.90 Å². The zero-order valence-corrected chi connectivity index (χ0v) is 12.7. The predicted molar refractivity (Wildman–Crippen MR) is 82.1 cm³/mol. The Morgan fingerprint density at radius 2 is 2.05 bits per heavy atom. The summed E-state index contributed by atoms with van der Waals surface area (Å²) in [6, 6.07) is 9.76. The van der Waals surface area contributed by atoms with E-state index < -0.39 is 0 Å².